The highest BCUT2D eigenvalue weighted by Crippen LogP contribution is 2.23. The number of hydrogen-bond acceptors (Lipinski definition) is 5. The second-order valence-corrected chi connectivity index (χ2v) is 6.03. The van der Waals surface area contributed by atoms with Crippen LogP contribution in [0.2, 0.25) is 0 Å². The van der Waals surface area contributed by atoms with Gasteiger partial charge >= 0.3 is 5.97 Å². The molecule has 6 heteroatoms. The lowest BCUT2D eigenvalue weighted by atomic mass is 9.99. The molecule has 1 fully saturated rings. The number of aryl methyl sites for hydroxylation is 1. The molecule has 1 aliphatic heterocycles. The van der Waals surface area contributed by atoms with E-state index in [1.807, 2.05) is 13.0 Å². The van der Waals surface area contributed by atoms with Crippen molar-refractivity contribution in [3.63, 3.8) is 0 Å². The lowest BCUT2D eigenvalue weighted by Crippen LogP contribution is -2.30. The Morgan fingerprint density at radius 3 is 2.83 bits per heavy atom. The first-order valence-electron chi connectivity index (χ1n) is 8.15. The molecule has 1 aromatic carbocycles. The fourth-order valence-electron chi connectivity index (χ4n) is 2.83. The minimum atomic E-state index is -0.954. The molecule has 0 radical (unpaired) electrons. The van der Waals surface area contributed by atoms with Gasteiger partial charge in [0.15, 0.2) is 0 Å². The van der Waals surface area contributed by atoms with E-state index >= 15 is 0 Å². The number of carboxylic acids is 1. The highest BCUT2D eigenvalue weighted by Gasteiger charge is 2.15. The molecule has 0 spiro atoms. The summed E-state index contributed by atoms with van der Waals surface area (Å²) in [7, 11) is 0. The third kappa shape index (κ3) is 4.08. The van der Waals surface area contributed by atoms with Crippen molar-refractivity contribution in [1.29, 1.82) is 0 Å². The van der Waals surface area contributed by atoms with Gasteiger partial charge in [-0.2, -0.15) is 4.98 Å². The van der Waals surface area contributed by atoms with Gasteiger partial charge in [0, 0.05) is 11.6 Å². The summed E-state index contributed by atoms with van der Waals surface area (Å²) in [6.45, 7) is 4.52. The molecule has 6 nitrogen and oxygen atoms in total. The third-order valence-electron chi connectivity index (χ3n) is 4.15. The smallest absolute Gasteiger partial charge is 0.335 e. The molecule has 2 aromatic rings. The lowest BCUT2D eigenvalue weighted by molar-refractivity contribution is 0.0697. The normalized spacial score (nSPS) is 15.2. The van der Waals surface area contributed by atoms with Crippen LogP contribution in [0, 0.1) is 12.8 Å². The van der Waals surface area contributed by atoms with E-state index < -0.39 is 5.97 Å². The first kappa shape index (κ1) is 16.4. The molecule has 24 heavy (non-hydrogen) atoms. The van der Waals surface area contributed by atoms with E-state index in [0.717, 1.165) is 31.5 Å². The van der Waals surface area contributed by atoms with Crippen LogP contribution in [0.15, 0.2) is 30.3 Å². The summed E-state index contributed by atoms with van der Waals surface area (Å²) >= 11 is 0. The Morgan fingerprint density at radius 2 is 2.08 bits per heavy atom. The average Bonchev–Trinajstić information content (AvgIpc) is 2.60. The van der Waals surface area contributed by atoms with Gasteiger partial charge in [-0.3, -0.25) is 0 Å². The molecule has 0 saturated carbocycles. The molecule has 0 atom stereocenters. The number of carboxylic acid groups (broad SMARTS) is 1. The van der Waals surface area contributed by atoms with Crippen LogP contribution in [0.5, 0.6) is 5.88 Å². The number of benzene rings is 1. The Kier molecular flexibility index (Phi) is 5.05. The van der Waals surface area contributed by atoms with E-state index in [1.165, 1.54) is 0 Å². The third-order valence-corrected chi connectivity index (χ3v) is 4.15. The highest BCUT2D eigenvalue weighted by molar-refractivity contribution is 5.89. The molecule has 2 heterocycles. The maximum Gasteiger partial charge on any atom is 0.335 e. The fourth-order valence-corrected chi connectivity index (χ4v) is 2.83. The minimum absolute atomic E-state index is 0.237. The standard InChI is InChI=1S/C18H21N3O3/c1-12-20-16(14-3-2-4-15(9-14)18(22)23)10-17(21-12)24-11-13-5-7-19-8-6-13/h2-4,9-10,13,19H,5-8,11H2,1H3,(H,22,23). The number of nitrogens with zero attached hydrogens (tertiary/aromatic N) is 2. The highest BCUT2D eigenvalue weighted by atomic mass is 16.5. The lowest BCUT2D eigenvalue weighted by Gasteiger charge is -2.22. The van der Waals surface area contributed by atoms with Crippen molar-refractivity contribution >= 4 is 5.97 Å². The molecule has 0 aliphatic carbocycles. The van der Waals surface area contributed by atoms with Crippen molar-refractivity contribution in [2.24, 2.45) is 5.92 Å². The van der Waals surface area contributed by atoms with Crippen LogP contribution in [-0.2, 0) is 0 Å². The van der Waals surface area contributed by atoms with Crippen molar-refractivity contribution in [3.8, 4) is 17.1 Å². The number of aromatic nitrogens is 2. The number of carbonyl (C=O) groups is 1. The summed E-state index contributed by atoms with van der Waals surface area (Å²) < 4.78 is 5.87. The predicted octanol–water partition coefficient (Wildman–Crippen LogP) is 2.53. The summed E-state index contributed by atoms with van der Waals surface area (Å²) in [5, 5.41) is 12.5. The van der Waals surface area contributed by atoms with Gasteiger partial charge in [-0.05, 0) is 50.9 Å². The average molecular weight is 327 g/mol. The topological polar surface area (TPSA) is 84.3 Å². The van der Waals surface area contributed by atoms with Gasteiger partial charge in [-0.1, -0.05) is 12.1 Å². The zero-order valence-electron chi connectivity index (χ0n) is 13.7. The number of hydrogen-bond donors (Lipinski definition) is 2. The van der Waals surface area contributed by atoms with Crippen LogP contribution < -0.4 is 10.1 Å². The Bertz CT molecular complexity index is 727. The van der Waals surface area contributed by atoms with Crippen LogP contribution in [0.1, 0.15) is 29.0 Å². The number of ether oxygens (including phenoxy) is 1. The maximum absolute atomic E-state index is 11.1. The van der Waals surface area contributed by atoms with E-state index in [1.54, 1.807) is 24.3 Å². The van der Waals surface area contributed by atoms with Crippen LogP contribution in [0.25, 0.3) is 11.3 Å². The van der Waals surface area contributed by atoms with Crippen molar-refractivity contribution in [3.05, 3.63) is 41.7 Å². The van der Waals surface area contributed by atoms with Crippen molar-refractivity contribution in [2.45, 2.75) is 19.8 Å². The van der Waals surface area contributed by atoms with Crippen molar-refractivity contribution in [2.75, 3.05) is 19.7 Å². The summed E-state index contributed by atoms with van der Waals surface area (Å²) in [5.74, 6) is 0.732. The van der Waals surface area contributed by atoms with Crippen LogP contribution >= 0.6 is 0 Å². The van der Waals surface area contributed by atoms with E-state index in [0.29, 0.717) is 29.9 Å². The summed E-state index contributed by atoms with van der Waals surface area (Å²) in [6, 6.07) is 8.50. The summed E-state index contributed by atoms with van der Waals surface area (Å²) in [6.07, 6.45) is 2.22. The zero-order valence-corrected chi connectivity index (χ0v) is 13.7. The van der Waals surface area contributed by atoms with Gasteiger partial charge in [0.05, 0.1) is 17.9 Å². The summed E-state index contributed by atoms with van der Waals surface area (Å²) in [4.78, 5) is 19.9. The van der Waals surface area contributed by atoms with Gasteiger partial charge in [-0.25, -0.2) is 9.78 Å². The molecule has 2 N–H and O–H groups in total. The Labute approximate surface area is 140 Å². The fraction of sp³-hybridized carbons (Fsp3) is 0.389. The molecule has 1 aromatic heterocycles. The second kappa shape index (κ2) is 7.40. The van der Waals surface area contributed by atoms with E-state index in [-0.39, 0.29) is 5.56 Å². The molecule has 3 rings (SSSR count). The van der Waals surface area contributed by atoms with Crippen molar-refractivity contribution < 1.29 is 14.6 Å². The molecular formula is C18H21N3O3. The molecule has 1 aliphatic rings. The predicted molar refractivity (Wildman–Crippen MR) is 90.3 cm³/mol. The van der Waals surface area contributed by atoms with Gasteiger partial charge in [-0.15, -0.1) is 0 Å². The van der Waals surface area contributed by atoms with Gasteiger partial charge in [0.1, 0.15) is 5.82 Å². The van der Waals surface area contributed by atoms with Crippen LogP contribution in [0.3, 0.4) is 0 Å². The number of aromatic carboxylic acids is 1. The number of piperidine rings is 1. The van der Waals surface area contributed by atoms with Gasteiger partial charge < -0.3 is 15.2 Å². The first-order valence-corrected chi connectivity index (χ1v) is 8.15. The molecule has 0 bridgehead atoms. The molecule has 1 saturated heterocycles. The minimum Gasteiger partial charge on any atom is -0.478 e. The Hall–Kier alpha value is -2.47. The molecular weight excluding hydrogens is 306 g/mol. The number of nitrogens with one attached hydrogen (secondary N) is 1. The van der Waals surface area contributed by atoms with E-state index in [4.69, 9.17) is 9.84 Å². The van der Waals surface area contributed by atoms with Crippen LogP contribution in [0.4, 0.5) is 0 Å². The Balaban J connectivity index is 1.78. The Morgan fingerprint density at radius 1 is 1.29 bits per heavy atom. The maximum atomic E-state index is 11.1. The molecule has 126 valence electrons. The van der Waals surface area contributed by atoms with Crippen LogP contribution in [-0.4, -0.2) is 40.7 Å². The monoisotopic (exact) mass is 327 g/mol. The summed E-state index contributed by atoms with van der Waals surface area (Å²) in [5.41, 5.74) is 1.65. The van der Waals surface area contributed by atoms with Crippen molar-refractivity contribution in [1.82, 2.24) is 15.3 Å². The second-order valence-electron chi connectivity index (χ2n) is 6.03. The van der Waals surface area contributed by atoms with Gasteiger partial charge in [0.25, 0.3) is 0 Å². The first-order chi connectivity index (χ1) is 11.6. The van der Waals surface area contributed by atoms with Gasteiger partial charge in [0.2, 0.25) is 5.88 Å². The largest absolute Gasteiger partial charge is 0.478 e. The quantitative estimate of drug-likeness (QED) is 0.878. The SMILES string of the molecule is Cc1nc(OCC2CCNCC2)cc(-c2cccc(C(=O)O)c2)n1. The molecule has 0 unspecified atom stereocenters. The molecule has 0 amide bonds. The van der Waals surface area contributed by atoms with E-state index in [2.05, 4.69) is 15.3 Å². The number of rotatable bonds is 5. The van der Waals surface area contributed by atoms with E-state index in [9.17, 15) is 4.79 Å². The zero-order chi connectivity index (χ0) is 16.9.